The zero-order chi connectivity index (χ0) is 12.4. The van der Waals surface area contributed by atoms with Crippen LogP contribution in [0.25, 0.3) is 11.0 Å². The van der Waals surface area contributed by atoms with E-state index in [4.69, 9.17) is 0 Å². The Labute approximate surface area is 106 Å². The van der Waals surface area contributed by atoms with Crippen LogP contribution in [0.4, 0.5) is 14.5 Å². The minimum absolute atomic E-state index is 0.323. The predicted molar refractivity (Wildman–Crippen MR) is 66.5 cm³/mol. The zero-order valence-electron chi connectivity index (χ0n) is 9.07. The molecule has 0 fully saturated rings. The van der Waals surface area contributed by atoms with Crippen LogP contribution in [0.1, 0.15) is 0 Å². The summed E-state index contributed by atoms with van der Waals surface area (Å²) in [4.78, 5) is 9.85. The van der Waals surface area contributed by atoms with Crippen LogP contribution >= 0.6 is 15.9 Å². The maximum atomic E-state index is 12.3. The van der Waals surface area contributed by atoms with Crippen LogP contribution in [0.3, 0.4) is 0 Å². The molecule has 0 saturated heterocycles. The van der Waals surface area contributed by atoms with Gasteiger partial charge in [0.1, 0.15) is 5.52 Å². The van der Waals surface area contributed by atoms with Gasteiger partial charge in [0.25, 0.3) is 6.43 Å². The van der Waals surface area contributed by atoms with Gasteiger partial charge in [0.05, 0.1) is 17.7 Å². The van der Waals surface area contributed by atoms with Gasteiger partial charge >= 0.3 is 0 Å². The average molecular weight is 302 g/mol. The fourth-order valence-corrected chi connectivity index (χ4v) is 1.92. The van der Waals surface area contributed by atoms with Crippen molar-refractivity contribution < 1.29 is 8.78 Å². The Kier molecular flexibility index (Phi) is 3.51. The first-order valence-electron chi connectivity index (χ1n) is 4.97. The molecular formula is C11H10BrF2N3. The first-order valence-corrected chi connectivity index (χ1v) is 5.77. The van der Waals surface area contributed by atoms with Gasteiger partial charge in [-0.3, -0.25) is 9.97 Å². The fourth-order valence-electron chi connectivity index (χ4n) is 1.60. The molecule has 0 saturated carbocycles. The highest BCUT2D eigenvalue weighted by atomic mass is 79.9. The molecule has 0 aromatic carbocycles. The van der Waals surface area contributed by atoms with Gasteiger partial charge in [-0.2, -0.15) is 0 Å². The fraction of sp³-hybridized carbons (Fsp3) is 0.273. The van der Waals surface area contributed by atoms with Crippen LogP contribution in [-0.4, -0.2) is 30.0 Å². The minimum atomic E-state index is -2.38. The average Bonchev–Trinajstić information content (AvgIpc) is 2.26. The number of halogens is 3. The normalized spacial score (nSPS) is 11.1. The maximum absolute atomic E-state index is 12.3. The van der Waals surface area contributed by atoms with Gasteiger partial charge in [0, 0.05) is 23.9 Å². The molecule has 0 bridgehead atoms. The molecule has 0 unspecified atom stereocenters. The molecule has 0 spiro atoms. The highest BCUT2D eigenvalue weighted by Gasteiger charge is 2.12. The molecule has 2 rings (SSSR count). The summed E-state index contributed by atoms with van der Waals surface area (Å²) in [6.07, 6.45) is 0.843. The number of anilines is 1. The first-order chi connectivity index (χ1) is 8.08. The lowest BCUT2D eigenvalue weighted by Gasteiger charge is -2.19. The molecule has 2 aromatic heterocycles. The third kappa shape index (κ3) is 2.69. The van der Waals surface area contributed by atoms with E-state index < -0.39 is 6.43 Å². The number of aromatic nitrogens is 2. The van der Waals surface area contributed by atoms with E-state index >= 15 is 0 Å². The van der Waals surface area contributed by atoms with E-state index in [1.165, 1.54) is 4.90 Å². The lowest BCUT2D eigenvalue weighted by molar-refractivity contribution is 0.156. The summed E-state index contributed by atoms with van der Waals surface area (Å²) < 4.78 is 25.5. The highest BCUT2D eigenvalue weighted by Crippen LogP contribution is 2.24. The van der Waals surface area contributed by atoms with Gasteiger partial charge in [-0.05, 0) is 28.1 Å². The van der Waals surface area contributed by atoms with Crippen LogP contribution in [0.5, 0.6) is 0 Å². The van der Waals surface area contributed by atoms with E-state index in [9.17, 15) is 8.78 Å². The van der Waals surface area contributed by atoms with Crippen LogP contribution in [0.15, 0.2) is 29.0 Å². The molecule has 6 heteroatoms. The monoisotopic (exact) mass is 301 g/mol. The summed E-state index contributed by atoms with van der Waals surface area (Å²) in [6, 6.07) is 3.49. The Morgan fingerprint density at radius 3 is 2.88 bits per heavy atom. The molecule has 3 nitrogen and oxygen atoms in total. The number of hydrogen-bond acceptors (Lipinski definition) is 3. The quantitative estimate of drug-likeness (QED) is 0.872. The van der Waals surface area contributed by atoms with Gasteiger partial charge in [-0.15, -0.1) is 0 Å². The zero-order valence-corrected chi connectivity index (χ0v) is 10.7. The Morgan fingerprint density at radius 2 is 2.18 bits per heavy atom. The molecule has 0 aliphatic rings. The van der Waals surface area contributed by atoms with Crippen molar-refractivity contribution in [1.82, 2.24) is 9.97 Å². The van der Waals surface area contributed by atoms with Crippen molar-refractivity contribution in [2.45, 2.75) is 6.43 Å². The van der Waals surface area contributed by atoms with E-state index in [1.807, 2.05) is 6.07 Å². The second kappa shape index (κ2) is 4.91. The summed E-state index contributed by atoms with van der Waals surface area (Å²) in [5.41, 5.74) is 1.96. The number of hydrogen-bond donors (Lipinski definition) is 0. The second-order valence-electron chi connectivity index (χ2n) is 3.62. The molecule has 0 atom stereocenters. The van der Waals surface area contributed by atoms with Crippen molar-refractivity contribution in [3.8, 4) is 0 Å². The molecular weight excluding hydrogens is 292 g/mol. The number of nitrogens with zero attached hydrogens (tertiary/aromatic N) is 3. The van der Waals surface area contributed by atoms with E-state index in [0.29, 0.717) is 16.7 Å². The Morgan fingerprint density at radius 1 is 1.41 bits per heavy atom. The van der Waals surface area contributed by atoms with Crippen molar-refractivity contribution >= 4 is 32.7 Å². The molecule has 0 aliphatic heterocycles. The Hall–Kier alpha value is -1.30. The molecule has 0 N–H and O–H groups in total. The lowest BCUT2D eigenvalue weighted by Crippen LogP contribution is -2.24. The Balaban J connectivity index is 2.47. The summed E-state index contributed by atoms with van der Waals surface area (Å²) in [6.45, 7) is -0.323. The van der Waals surface area contributed by atoms with Crippen molar-refractivity contribution in [1.29, 1.82) is 0 Å². The second-order valence-corrected chi connectivity index (χ2v) is 4.54. The van der Waals surface area contributed by atoms with Crippen molar-refractivity contribution in [3.05, 3.63) is 29.0 Å². The highest BCUT2D eigenvalue weighted by molar-refractivity contribution is 9.10. The number of rotatable bonds is 3. The lowest BCUT2D eigenvalue weighted by atomic mass is 10.2. The van der Waals surface area contributed by atoms with E-state index in [2.05, 4.69) is 25.9 Å². The van der Waals surface area contributed by atoms with E-state index in [-0.39, 0.29) is 6.54 Å². The smallest absolute Gasteiger partial charge is 0.255 e. The number of fused-ring (bicyclic) bond motifs is 1. The Bertz CT molecular complexity index is 533. The number of alkyl halides is 2. The molecule has 0 aliphatic carbocycles. The van der Waals surface area contributed by atoms with Crippen LogP contribution in [-0.2, 0) is 0 Å². The summed E-state index contributed by atoms with van der Waals surface area (Å²) >= 11 is 3.30. The topological polar surface area (TPSA) is 29.0 Å². The third-order valence-corrected chi connectivity index (χ3v) is 2.78. The standard InChI is InChI=1S/C11H10BrF2N3/c1-17(6-10(13)14)9-2-3-15-8-4-7(12)5-16-11(8)9/h2-5,10H,6H2,1H3. The van der Waals surface area contributed by atoms with Crippen molar-refractivity contribution in [2.75, 3.05) is 18.5 Å². The number of pyridine rings is 2. The van der Waals surface area contributed by atoms with Gasteiger partial charge in [0.15, 0.2) is 0 Å². The van der Waals surface area contributed by atoms with Crippen LogP contribution in [0.2, 0.25) is 0 Å². The van der Waals surface area contributed by atoms with Gasteiger partial charge < -0.3 is 4.90 Å². The summed E-state index contributed by atoms with van der Waals surface area (Å²) in [5, 5.41) is 0. The maximum Gasteiger partial charge on any atom is 0.255 e. The first kappa shape index (κ1) is 12.2. The predicted octanol–water partition coefficient (Wildman–Crippen LogP) is 3.09. The van der Waals surface area contributed by atoms with E-state index in [0.717, 1.165) is 4.47 Å². The third-order valence-electron chi connectivity index (χ3n) is 2.35. The largest absolute Gasteiger partial charge is 0.367 e. The van der Waals surface area contributed by atoms with Gasteiger partial charge in [-0.25, -0.2) is 8.78 Å². The van der Waals surface area contributed by atoms with Gasteiger partial charge in [0.2, 0.25) is 0 Å². The van der Waals surface area contributed by atoms with Crippen molar-refractivity contribution in [3.63, 3.8) is 0 Å². The SMILES string of the molecule is CN(CC(F)F)c1ccnc2cc(Br)cnc12. The molecule has 0 radical (unpaired) electrons. The summed E-state index contributed by atoms with van der Waals surface area (Å²) in [5.74, 6) is 0. The minimum Gasteiger partial charge on any atom is -0.367 e. The van der Waals surface area contributed by atoms with Crippen molar-refractivity contribution in [2.24, 2.45) is 0 Å². The molecule has 0 amide bonds. The molecule has 17 heavy (non-hydrogen) atoms. The molecule has 90 valence electrons. The van der Waals surface area contributed by atoms with Crippen LogP contribution < -0.4 is 4.90 Å². The summed E-state index contributed by atoms with van der Waals surface area (Å²) in [7, 11) is 1.62. The van der Waals surface area contributed by atoms with E-state index in [1.54, 1.807) is 25.5 Å². The molecule has 2 aromatic rings. The van der Waals surface area contributed by atoms with Crippen LogP contribution in [0, 0.1) is 0 Å². The molecule has 2 heterocycles. The van der Waals surface area contributed by atoms with Gasteiger partial charge in [-0.1, -0.05) is 0 Å².